The molecule has 0 atom stereocenters. The molecule has 2 aromatic rings. The largest absolute Gasteiger partial charge is 0.494 e. The van der Waals surface area contributed by atoms with Crippen LogP contribution in [0.5, 0.6) is 5.88 Å². The van der Waals surface area contributed by atoms with Crippen molar-refractivity contribution < 1.29 is 14.6 Å². The minimum absolute atomic E-state index is 0.244. The van der Waals surface area contributed by atoms with E-state index in [0.29, 0.717) is 31.7 Å². The van der Waals surface area contributed by atoms with E-state index in [0.717, 1.165) is 53.9 Å². The molecule has 0 aliphatic carbocycles. The molecule has 32 heavy (non-hydrogen) atoms. The summed E-state index contributed by atoms with van der Waals surface area (Å²) in [7, 11) is 2.17. The summed E-state index contributed by atoms with van der Waals surface area (Å²) in [5, 5.41) is 15.6. The highest BCUT2D eigenvalue weighted by Gasteiger charge is 2.27. The maximum absolute atomic E-state index is 11.2. The predicted octanol–water partition coefficient (Wildman–Crippen LogP) is 4.05. The number of hydrogen-bond acceptors (Lipinski definition) is 6. The number of hydrogen-bond donors (Lipinski definition) is 2. The highest BCUT2D eigenvalue weighted by Crippen LogP contribution is 2.39. The zero-order chi connectivity index (χ0) is 22.5. The van der Waals surface area contributed by atoms with Crippen LogP contribution < -0.4 is 5.32 Å². The molecule has 3 aliphatic rings. The third kappa shape index (κ3) is 5.27. The Morgan fingerprint density at radius 1 is 1.09 bits per heavy atom. The fourth-order valence-corrected chi connectivity index (χ4v) is 4.81. The average Bonchev–Trinajstić information content (AvgIpc) is 3.38. The number of likely N-dealkylation sites (tertiary alicyclic amines) is 1. The van der Waals surface area contributed by atoms with Crippen molar-refractivity contribution in [1.82, 2.24) is 9.47 Å². The summed E-state index contributed by atoms with van der Waals surface area (Å²) in [6.07, 6.45) is 4.64. The number of ether oxygens (including phenoxy) is 2. The molecule has 5 rings (SSSR count). The van der Waals surface area contributed by atoms with Crippen LogP contribution in [0.25, 0.3) is 10.9 Å². The topological polar surface area (TPSA) is 71.2 Å². The van der Waals surface area contributed by atoms with Gasteiger partial charge in [-0.05, 0) is 77.9 Å². The highest BCUT2D eigenvalue weighted by atomic mass is 16.5. The van der Waals surface area contributed by atoms with E-state index in [4.69, 9.17) is 9.47 Å². The summed E-state index contributed by atoms with van der Waals surface area (Å²) in [5.74, 6) is 0.304. The lowest BCUT2D eigenvalue weighted by Gasteiger charge is -2.25. The molecule has 7 nitrogen and oxygen atoms in total. The van der Waals surface area contributed by atoms with Gasteiger partial charge >= 0.3 is 0 Å². The SMILES string of the molecule is CC(C)Nc1ccc2c(c1)c(C1=NCCOC1)c(O)n2C1CCOCC1.CN1CCCC1. The van der Waals surface area contributed by atoms with Crippen LogP contribution in [0.15, 0.2) is 23.2 Å². The lowest BCUT2D eigenvalue weighted by atomic mass is 10.1. The summed E-state index contributed by atoms with van der Waals surface area (Å²) in [4.78, 5) is 6.99. The Morgan fingerprint density at radius 2 is 1.84 bits per heavy atom. The molecular weight excluding hydrogens is 404 g/mol. The number of aromatic hydroxyl groups is 1. The summed E-state index contributed by atoms with van der Waals surface area (Å²) in [6.45, 7) is 10.1. The van der Waals surface area contributed by atoms with Crippen molar-refractivity contribution in [2.45, 2.75) is 51.6 Å². The van der Waals surface area contributed by atoms with E-state index in [9.17, 15) is 5.11 Å². The quantitative estimate of drug-likeness (QED) is 0.748. The van der Waals surface area contributed by atoms with Crippen molar-refractivity contribution in [1.29, 1.82) is 0 Å². The lowest BCUT2D eigenvalue weighted by Crippen LogP contribution is -2.20. The van der Waals surface area contributed by atoms with E-state index in [2.05, 4.69) is 58.9 Å². The number of nitrogens with one attached hydrogen (secondary N) is 1. The van der Waals surface area contributed by atoms with Crippen molar-refractivity contribution in [2.24, 2.45) is 4.99 Å². The fraction of sp³-hybridized carbons (Fsp3) is 0.640. The molecule has 0 unspecified atom stereocenters. The summed E-state index contributed by atoms with van der Waals surface area (Å²) in [6, 6.07) is 6.90. The molecule has 0 bridgehead atoms. The van der Waals surface area contributed by atoms with Gasteiger partial charge in [0.1, 0.15) is 0 Å². The Labute approximate surface area is 191 Å². The summed E-state index contributed by atoms with van der Waals surface area (Å²) < 4.78 is 13.2. The van der Waals surface area contributed by atoms with Crippen LogP contribution in [-0.4, -0.2) is 79.4 Å². The molecule has 7 heteroatoms. The van der Waals surface area contributed by atoms with Crippen LogP contribution in [0.3, 0.4) is 0 Å². The maximum atomic E-state index is 11.2. The highest BCUT2D eigenvalue weighted by molar-refractivity contribution is 6.14. The first kappa shape index (κ1) is 23.1. The number of fused-ring (bicyclic) bond motifs is 1. The minimum Gasteiger partial charge on any atom is -0.494 e. The third-order valence-corrected chi connectivity index (χ3v) is 6.38. The van der Waals surface area contributed by atoms with Gasteiger partial charge < -0.3 is 29.4 Å². The van der Waals surface area contributed by atoms with E-state index in [1.807, 2.05) is 0 Å². The molecule has 1 aromatic carbocycles. The molecule has 0 radical (unpaired) electrons. The van der Waals surface area contributed by atoms with Gasteiger partial charge in [0.25, 0.3) is 0 Å². The van der Waals surface area contributed by atoms with Gasteiger partial charge in [-0.3, -0.25) is 4.99 Å². The van der Waals surface area contributed by atoms with Crippen molar-refractivity contribution in [3.8, 4) is 5.88 Å². The van der Waals surface area contributed by atoms with Crippen molar-refractivity contribution in [3.05, 3.63) is 23.8 Å². The third-order valence-electron chi connectivity index (χ3n) is 6.38. The van der Waals surface area contributed by atoms with Gasteiger partial charge in [0.2, 0.25) is 5.88 Å². The van der Waals surface area contributed by atoms with Crippen LogP contribution >= 0.6 is 0 Å². The van der Waals surface area contributed by atoms with Crippen molar-refractivity contribution in [2.75, 3.05) is 58.4 Å². The Morgan fingerprint density at radius 3 is 2.44 bits per heavy atom. The second-order valence-electron chi connectivity index (χ2n) is 9.33. The normalized spacial score (nSPS) is 20.3. The van der Waals surface area contributed by atoms with E-state index in [1.165, 1.54) is 25.9 Å². The van der Waals surface area contributed by atoms with Crippen LogP contribution in [0.2, 0.25) is 0 Å². The maximum Gasteiger partial charge on any atom is 0.201 e. The van der Waals surface area contributed by atoms with E-state index >= 15 is 0 Å². The van der Waals surface area contributed by atoms with E-state index < -0.39 is 0 Å². The van der Waals surface area contributed by atoms with Gasteiger partial charge in [-0.2, -0.15) is 0 Å². The van der Waals surface area contributed by atoms with Gasteiger partial charge in [-0.15, -0.1) is 0 Å². The molecule has 0 spiro atoms. The molecule has 4 heterocycles. The zero-order valence-electron chi connectivity index (χ0n) is 19.8. The fourth-order valence-electron chi connectivity index (χ4n) is 4.81. The molecular formula is C25H38N4O3. The Hall–Kier alpha value is -2.09. The molecule has 0 saturated carbocycles. The first-order valence-electron chi connectivity index (χ1n) is 12.1. The number of rotatable bonds is 4. The van der Waals surface area contributed by atoms with Crippen LogP contribution in [0.4, 0.5) is 5.69 Å². The second-order valence-corrected chi connectivity index (χ2v) is 9.33. The zero-order valence-corrected chi connectivity index (χ0v) is 19.8. The standard InChI is InChI=1S/C20H27N3O3.C5H11N/c1-13(2)22-14-3-4-18-16(11-14)19(17-12-26-10-7-21-17)20(24)23(18)15-5-8-25-9-6-15;1-6-4-2-3-5-6/h3-4,11,13,15,22,24H,5-10,12H2,1-2H3;2-5H2,1H3. The summed E-state index contributed by atoms with van der Waals surface area (Å²) >= 11 is 0. The predicted molar refractivity (Wildman–Crippen MR) is 130 cm³/mol. The second kappa shape index (κ2) is 10.7. The molecule has 2 saturated heterocycles. The molecule has 176 valence electrons. The number of aliphatic imine (C=N–C) groups is 1. The van der Waals surface area contributed by atoms with E-state index in [-0.39, 0.29) is 6.04 Å². The van der Waals surface area contributed by atoms with Crippen LogP contribution in [0, 0.1) is 0 Å². The van der Waals surface area contributed by atoms with Gasteiger partial charge in [0.05, 0.1) is 36.6 Å². The van der Waals surface area contributed by atoms with Gasteiger partial charge in [-0.1, -0.05) is 0 Å². The van der Waals surface area contributed by atoms with Gasteiger partial charge in [-0.25, -0.2) is 0 Å². The van der Waals surface area contributed by atoms with Crippen molar-refractivity contribution >= 4 is 22.3 Å². The lowest BCUT2D eigenvalue weighted by molar-refractivity contribution is 0.0688. The van der Waals surface area contributed by atoms with Gasteiger partial charge in [0, 0.05) is 36.4 Å². The molecule has 1 aromatic heterocycles. The smallest absolute Gasteiger partial charge is 0.201 e. The minimum atomic E-state index is 0.244. The van der Waals surface area contributed by atoms with E-state index in [1.54, 1.807) is 0 Å². The summed E-state index contributed by atoms with van der Waals surface area (Å²) in [5.41, 5.74) is 3.76. The number of nitrogens with zero attached hydrogens (tertiary/aromatic N) is 3. The Balaban J connectivity index is 0.000000354. The Bertz CT molecular complexity index is 925. The molecule has 2 N–H and O–H groups in total. The van der Waals surface area contributed by atoms with Crippen LogP contribution in [0.1, 0.15) is 51.1 Å². The first-order chi connectivity index (χ1) is 15.5. The van der Waals surface area contributed by atoms with Gasteiger partial charge in [0.15, 0.2) is 0 Å². The van der Waals surface area contributed by atoms with Crippen LogP contribution in [-0.2, 0) is 9.47 Å². The molecule has 0 amide bonds. The molecule has 3 aliphatic heterocycles. The number of benzene rings is 1. The Kier molecular flexibility index (Phi) is 7.71. The van der Waals surface area contributed by atoms with Crippen molar-refractivity contribution in [3.63, 3.8) is 0 Å². The number of anilines is 1. The molecule has 2 fully saturated rings. The number of aromatic nitrogens is 1. The first-order valence-corrected chi connectivity index (χ1v) is 12.1. The average molecular weight is 443 g/mol. The monoisotopic (exact) mass is 442 g/mol.